The fourth-order valence-electron chi connectivity index (χ4n) is 3.60. The zero-order valence-electron chi connectivity index (χ0n) is 15.9. The maximum absolute atomic E-state index is 13.2. The number of nitrogens with one attached hydrogen (secondary N) is 1. The van der Waals surface area contributed by atoms with Gasteiger partial charge in [-0.1, -0.05) is 25.5 Å². The third-order valence-electron chi connectivity index (χ3n) is 5.20. The van der Waals surface area contributed by atoms with E-state index in [-0.39, 0.29) is 18.2 Å². The molecule has 0 amide bonds. The van der Waals surface area contributed by atoms with E-state index in [1.165, 1.54) is 12.1 Å². The number of hydrogen-bond acceptors (Lipinski definition) is 4. The molecule has 2 heterocycles. The molecule has 4 nitrogen and oxygen atoms in total. The predicted molar refractivity (Wildman–Crippen MR) is 99.5 cm³/mol. The third-order valence-corrected chi connectivity index (χ3v) is 5.20. The molecular formula is C20H24F4N4. The topological polar surface area (TPSA) is 41.0 Å². The first kappa shape index (κ1) is 20.5. The second kappa shape index (κ2) is 8.43. The first-order valence-electron chi connectivity index (χ1n) is 9.39. The molecule has 2 aromatic rings. The van der Waals surface area contributed by atoms with Crippen molar-refractivity contribution in [3.63, 3.8) is 0 Å². The average molecular weight is 396 g/mol. The highest BCUT2D eigenvalue weighted by molar-refractivity contribution is 5.44. The van der Waals surface area contributed by atoms with E-state index in [0.717, 1.165) is 32.1 Å². The van der Waals surface area contributed by atoms with Crippen LogP contribution in [-0.2, 0) is 12.6 Å². The Morgan fingerprint density at radius 1 is 1.21 bits per heavy atom. The Labute approximate surface area is 162 Å². The molecule has 1 N–H and O–H groups in total. The number of aromatic nitrogens is 2. The highest BCUT2D eigenvalue weighted by Gasteiger charge is 2.34. The lowest BCUT2D eigenvalue weighted by Gasteiger charge is -2.37. The van der Waals surface area contributed by atoms with Crippen LogP contribution in [-0.4, -0.2) is 41.0 Å². The van der Waals surface area contributed by atoms with Gasteiger partial charge in [-0.3, -0.25) is 0 Å². The standard InChI is InChI=1S/C20H24F4N4/c1-3-14-12-28(2)9-8-16(14)27-19-17(10-13-4-6-15(21)7-5-13)26-18(11-25-19)20(22,23)24/h4-7,11,14,16H,3,8-10,12H2,1-2H3,(H,25,27)/t14-,16-/m0/s1. The van der Waals surface area contributed by atoms with Crippen LogP contribution in [0.1, 0.15) is 36.7 Å². The van der Waals surface area contributed by atoms with Gasteiger partial charge < -0.3 is 10.2 Å². The number of benzene rings is 1. The zero-order chi connectivity index (χ0) is 20.3. The van der Waals surface area contributed by atoms with E-state index in [2.05, 4.69) is 34.2 Å². The lowest BCUT2D eigenvalue weighted by Crippen LogP contribution is -2.44. The van der Waals surface area contributed by atoms with E-state index >= 15 is 0 Å². The van der Waals surface area contributed by atoms with Crippen molar-refractivity contribution >= 4 is 5.82 Å². The molecule has 0 bridgehead atoms. The van der Waals surface area contributed by atoms with Gasteiger partial charge in [-0.25, -0.2) is 14.4 Å². The molecule has 2 atom stereocenters. The lowest BCUT2D eigenvalue weighted by molar-refractivity contribution is -0.141. The fraction of sp³-hybridized carbons (Fsp3) is 0.500. The molecule has 1 aromatic carbocycles. The van der Waals surface area contributed by atoms with Crippen LogP contribution in [0.4, 0.5) is 23.4 Å². The highest BCUT2D eigenvalue weighted by Crippen LogP contribution is 2.30. The molecule has 1 aromatic heterocycles. The summed E-state index contributed by atoms with van der Waals surface area (Å²) in [6.07, 6.45) is -1.81. The van der Waals surface area contributed by atoms with Crippen LogP contribution in [0.5, 0.6) is 0 Å². The Bertz CT molecular complexity index is 792. The number of piperidine rings is 1. The molecule has 0 spiro atoms. The van der Waals surface area contributed by atoms with Crippen LogP contribution in [0.3, 0.4) is 0 Å². The number of halogens is 4. The van der Waals surface area contributed by atoms with E-state index in [9.17, 15) is 17.6 Å². The summed E-state index contributed by atoms with van der Waals surface area (Å²) in [7, 11) is 2.07. The quantitative estimate of drug-likeness (QED) is 0.762. The number of nitrogens with zero attached hydrogens (tertiary/aromatic N) is 3. The van der Waals surface area contributed by atoms with Crippen molar-refractivity contribution in [1.82, 2.24) is 14.9 Å². The van der Waals surface area contributed by atoms with Crippen LogP contribution in [0.25, 0.3) is 0 Å². The third kappa shape index (κ3) is 4.98. The summed E-state index contributed by atoms with van der Waals surface area (Å²) < 4.78 is 52.5. The van der Waals surface area contributed by atoms with E-state index in [0.29, 0.717) is 17.3 Å². The number of hydrogen-bond donors (Lipinski definition) is 1. The van der Waals surface area contributed by atoms with Crippen molar-refractivity contribution in [1.29, 1.82) is 0 Å². The van der Waals surface area contributed by atoms with Crippen molar-refractivity contribution in [3.05, 3.63) is 53.2 Å². The van der Waals surface area contributed by atoms with Crippen molar-refractivity contribution < 1.29 is 17.6 Å². The Morgan fingerprint density at radius 2 is 1.93 bits per heavy atom. The summed E-state index contributed by atoms with van der Waals surface area (Å²) >= 11 is 0. The van der Waals surface area contributed by atoms with Crippen LogP contribution in [0.15, 0.2) is 30.5 Å². The molecule has 3 rings (SSSR count). The van der Waals surface area contributed by atoms with Crippen molar-refractivity contribution in [2.24, 2.45) is 5.92 Å². The number of alkyl halides is 3. The summed E-state index contributed by atoms with van der Waals surface area (Å²) in [6, 6.07) is 5.79. The van der Waals surface area contributed by atoms with Gasteiger partial charge in [-0.2, -0.15) is 13.2 Å². The Morgan fingerprint density at radius 3 is 2.57 bits per heavy atom. The molecule has 1 aliphatic rings. The van der Waals surface area contributed by atoms with Gasteiger partial charge in [0.05, 0.1) is 11.9 Å². The lowest BCUT2D eigenvalue weighted by atomic mass is 9.90. The normalized spacial score (nSPS) is 20.9. The summed E-state index contributed by atoms with van der Waals surface area (Å²) in [5, 5.41) is 3.34. The van der Waals surface area contributed by atoms with Crippen LogP contribution in [0, 0.1) is 11.7 Å². The van der Waals surface area contributed by atoms with Crippen LogP contribution >= 0.6 is 0 Å². The molecular weight excluding hydrogens is 372 g/mol. The molecule has 1 saturated heterocycles. The van der Waals surface area contributed by atoms with Crippen LogP contribution in [0.2, 0.25) is 0 Å². The van der Waals surface area contributed by atoms with Gasteiger partial charge in [0.25, 0.3) is 0 Å². The molecule has 0 saturated carbocycles. The second-order valence-corrected chi connectivity index (χ2v) is 7.32. The summed E-state index contributed by atoms with van der Waals surface area (Å²) in [5.74, 6) is 0.348. The van der Waals surface area contributed by atoms with Crippen LogP contribution < -0.4 is 5.32 Å². The van der Waals surface area contributed by atoms with E-state index in [4.69, 9.17) is 0 Å². The van der Waals surface area contributed by atoms with Crippen molar-refractivity contribution in [3.8, 4) is 0 Å². The van der Waals surface area contributed by atoms with E-state index in [1.807, 2.05) is 0 Å². The van der Waals surface area contributed by atoms with Gasteiger partial charge >= 0.3 is 6.18 Å². The average Bonchev–Trinajstić information content (AvgIpc) is 2.65. The molecule has 0 radical (unpaired) electrons. The van der Waals surface area contributed by atoms with Crippen molar-refractivity contribution in [2.45, 2.75) is 38.4 Å². The van der Waals surface area contributed by atoms with E-state index < -0.39 is 17.7 Å². The minimum Gasteiger partial charge on any atom is -0.365 e. The summed E-state index contributed by atoms with van der Waals surface area (Å²) in [6.45, 7) is 3.95. The van der Waals surface area contributed by atoms with E-state index in [1.54, 1.807) is 12.1 Å². The zero-order valence-corrected chi connectivity index (χ0v) is 15.9. The smallest absolute Gasteiger partial charge is 0.365 e. The molecule has 28 heavy (non-hydrogen) atoms. The highest BCUT2D eigenvalue weighted by atomic mass is 19.4. The largest absolute Gasteiger partial charge is 0.434 e. The van der Waals surface area contributed by atoms with Gasteiger partial charge in [-0.05, 0) is 43.6 Å². The molecule has 0 aliphatic carbocycles. The Kier molecular flexibility index (Phi) is 6.17. The van der Waals surface area contributed by atoms with Gasteiger partial charge in [0.1, 0.15) is 11.6 Å². The summed E-state index contributed by atoms with van der Waals surface area (Å²) in [5.41, 5.74) is -0.130. The van der Waals surface area contributed by atoms with Gasteiger partial charge in [0, 0.05) is 19.0 Å². The number of rotatable bonds is 5. The minimum atomic E-state index is -4.57. The first-order valence-corrected chi connectivity index (χ1v) is 9.39. The summed E-state index contributed by atoms with van der Waals surface area (Å²) in [4.78, 5) is 10.2. The van der Waals surface area contributed by atoms with Crippen molar-refractivity contribution in [2.75, 3.05) is 25.5 Å². The Hall–Kier alpha value is -2.22. The molecule has 1 aliphatic heterocycles. The molecule has 152 valence electrons. The predicted octanol–water partition coefficient (Wildman–Crippen LogP) is 4.37. The monoisotopic (exact) mass is 396 g/mol. The molecule has 1 fully saturated rings. The maximum atomic E-state index is 13.2. The minimum absolute atomic E-state index is 0.124. The Balaban J connectivity index is 1.89. The first-order chi connectivity index (χ1) is 13.3. The second-order valence-electron chi connectivity index (χ2n) is 7.32. The fourth-order valence-corrected chi connectivity index (χ4v) is 3.60. The van der Waals surface area contributed by atoms with Gasteiger partial charge in [0.15, 0.2) is 5.69 Å². The van der Waals surface area contributed by atoms with Gasteiger partial charge in [0.2, 0.25) is 0 Å². The maximum Gasteiger partial charge on any atom is 0.434 e. The number of likely N-dealkylation sites (tertiary alicyclic amines) is 1. The molecule has 8 heteroatoms. The van der Waals surface area contributed by atoms with Gasteiger partial charge in [-0.15, -0.1) is 0 Å². The SMILES string of the molecule is CC[C@H]1CN(C)CC[C@@H]1Nc1ncc(C(F)(F)F)nc1Cc1ccc(F)cc1. The number of anilines is 1. The molecule has 0 unspecified atom stereocenters.